The number of halogens is 1. The average molecular weight is 460 g/mol. The predicted octanol–water partition coefficient (Wildman–Crippen LogP) is 4.55. The molecule has 4 rings (SSSR count). The van der Waals surface area contributed by atoms with E-state index in [1.54, 1.807) is 41.5 Å². The molecule has 0 saturated carbocycles. The zero-order valence-electron chi connectivity index (χ0n) is 18.0. The minimum absolute atomic E-state index is 0.165. The van der Waals surface area contributed by atoms with Crippen molar-refractivity contribution in [2.24, 2.45) is 0 Å². The van der Waals surface area contributed by atoms with E-state index in [2.05, 4.69) is 24.0 Å². The molecule has 0 atom stereocenters. The first-order chi connectivity index (χ1) is 15.0. The highest BCUT2D eigenvalue weighted by Gasteiger charge is 2.26. The van der Waals surface area contributed by atoms with Gasteiger partial charge in [0.2, 0.25) is 0 Å². The van der Waals surface area contributed by atoms with E-state index in [9.17, 15) is 4.79 Å². The lowest BCUT2D eigenvalue weighted by Crippen LogP contribution is -2.43. The van der Waals surface area contributed by atoms with Crippen molar-refractivity contribution in [1.29, 1.82) is 0 Å². The number of thiazole rings is 1. The molecule has 8 heteroatoms. The van der Waals surface area contributed by atoms with Crippen LogP contribution in [0.25, 0.3) is 10.2 Å². The molecule has 0 N–H and O–H groups in total. The van der Waals surface area contributed by atoms with Crippen LogP contribution >= 0.6 is 22.9 Å². The maximum atomic E-state index is 13.7. The van der Waals surface area contributed by atoms with Crippen molar-refractivity contribution in [1.82, 2.24) is 9.88 Å². The number of anilines is 1. The molecule has 2 aromatic carbocycles. The molecule has 31 heavy (non-hydrogen) atoms. The number of amides is 1. The second-order valence-corrected chi connectivity index (χ2v) is 9.04. The van der Waals surface area contributed by atoms with E-state index in [0.29, 0.717) is 28.0 Å². The number of nitrogens with zero attached hydrogens (tertiary/aromatic N) is 3. The minimum Gasteiger partial charge on any atom is -0.496 e. The van der Waals surface area contributed by atoms with Crippen LogP contribution in [0.1, 0.15) is 21.5 Å². The molecule has 1 amide bonds. The van der Waals surface area contributed by atoms with Gasteiger partial charge in [-0.1, -0.05) is 35.1 Å². The van der Waals surface area contributed by atoms with E-state index in [0.717, 1.165) is 54.2 Å². The fraction of sp³-hybridized carbons (Fsp3) is 0.391. The molecular weight excluding hydrogens is 434 g/mol. The van der Waals surface area contributed by atoms with Crippen molar-refractivity contribution in [3.8, 4) is 5.75 Å². The second kappa shape index (κ2) is 9.53. The Morgan fingerprint density at radius 3 is 2.68 bits per heavy atom. The standard InChI is InChI=1S/C23H26ClN3O3S/c1-15-4-5-16(2)21-20(15)25-23(31-21)27(9-8-26-10-12-30-13-11-26)22(28)18-14-17(24)6-7-19(18)29-3/h4-7,14H,8-13H2,1-3H3. The summed E-state index contributed by atoms with van der Waals surface area (Å²) in [6, 6.07) is 9.27. The van der Waals surface area contributed by atoms with E-state index in [4.69, 9.17) is 26.1 Å². The summed E-state index contributed by atoms with van der Waals surface area (Å²) in [5, 5.41) is 1.18. The van der Waals surface area contributed by atoms with Gasteiger partial charge < -0.3 is 9.47 Å². The zero-order valence-corrected chi connectivity index (χ0v) is 19.6. The molecule has 164 valence electrons. The van der Waals surface area contributed by atoms with E-state index < -0.39 is 0 Å². The van der Waals surface area contributed by atoms with Crippen LogP contribution in [0.4, 0.5) is 5.13 Å². The number of aryl methyl sites for hydroxylation is 2. The Balaban J connectivity index is 1.72. The van der Waals surface area contributed by atoms with E-state index in [1.165, 1.54) is 0 Å². The monoisotopic (exact) mass is 459 g/mol. The minimum atomic E-state index is -0.165. The number of benzene rings is 2. The summed E-state index contributed by atoms with van der Waals surface area (Å²) in [5.74, 6) is 0.334. The normalized spacial score (nSPS) is 14.7. The van der Waals surface area contributed by atoms with Crippen LogP contribution in [0.5, 0.6) is 5.75 Å². The van der Waals surface area contributed by atoms with E-state index >= 15 is 0 Å². The molecule has 0 spiro atoms. The molecule has 0 aliphatic carbocycles. The summed E-state index contributed by atoms with van der Waals surface area (Å²) in [6.45, 7) is 8.54. The number of morpholine rings is 1. The van der Waals surface area contributed by atoms with Crippen LogP contribution in [0.2, 0.25) is 5.02 Å². The summed E-state index contributed by atoms with van der Waals surface area (Å²) in [6.07, 6.45) is 0. The van der Waals surface area contributed by atoms with Crippen LogP contribution in [0, 0.1) is 13.8 Å². The topological polar surface area (TPSA) is 54.9 Å². The molecule has 0 radical (unpaired) electrons. The van der Waals surface area contributed by atoms with Crippen molar-refractivity contribution < 1.29 is 14.3 Å². The van der Waals surface area contributed by atoms with Crippen molar-refractivity contribution >= 4 is 44.2 Å². The molecular formula is C23H26ClN3O3S. The first kappa shape index (κ1) is 22.0. The fourth-order valence-corrected chi connectivity index (χ4v) is 5.01. The van der Waals surface area contributed by atoms with Crippen LogP contribution in [-0.2, 0) is 4.74 Å². The number of carbonyl (C=O) groups excluding carboxylic acids is 1. The maximum absolute atomic E-state index is 13.7. The third-order valence-electron chi connectivity index (χ3n) is 5.54. The predicted molar refractivity (Wildman–Crippen MR) is 126 cm³/mol. The number of ether oxygens (including phenoxy) is 2. The first-order valence-corrected chi connectivity index (χ1v) is 11.5. The Labute approximate surface area is 191 Å². The van der Waals surface area contributed by atoms with Gasteiger partial charge in [0.1, 0.15) is 5.75 Å². The van der Waals surface area contributed by atoms with E-state index in [1.807, 2.05) is 6.92 Å². The lowest BCUT2D eigenvalue weighted by Gasteiger charge is -2.29. The zero-order chi connectivity index (χ0) is 22.0. The molecule has 1 fully saturated rings. The molecule has 0 bridgehead atoms. The van der Waals surface area contributed by atoms with Gasteiger partial charge in [-0.3, -0.25) is 14.6 Å². The first-order valence-electron chi connectivity index (χ1n) is 10.3. The molecule has 1 saturated heterocycles. The third-order valence-corrected chi connectivity index (χ3v) is 6.99. The van der Waals surface area contributed by atoms with Gasteiger partial charge in [-0.25, -0.2) is 4.98 Å². The SMILES string of the molecule is COc1ccc(Cl)cc1C(=O)N(CCN1CCOCC1)c1nc2c(C)ccc(C)c2s1. The lowest BCUT2D eigenvalue weighted by molar-refractivity contribution is 0.0391. The molecule has 2 heterocycles. The number of aromatic nitrogens is 1. The number of fused-ring (bicyclic) bond motifs is 1. The Morgan fingerprint density at radius 1 is 1.23 bits per heavy atom. The maximum Gasteiger partial charge on any atom is 0.263 e. The van der Waals surface area contributed by atoms with Crippen LogP contribution in [0.3, 0.4) is 0 Å². The number of hydrogen-bond donors (Lipinski definition) is 0. The van der Waals surface area contributed by atoms with E-state index in [-0.39, 0.29) is 5.91 Å². The van der Waals surface area contributed by atoms with Gasteiger partial charge in [-0.2, -0.15) is 0 Å². The van der Waals surface area contributed by atoms with Crippen molar-refractivity contribution in [2.75, 3.05) is 51.4 Å². The lowest BCUT2D eigenvalue weighted by atomic mass is 10.1. The van der Waals surface area contributed by atoms with Crippen LogP contribution in [0.15, 0.2) is 30.3 Å². The number of hydrogen-bond acceptors (Lipinski definition) is 6. The van der Waals surface area contributed by atoms with Crippen LogP contribution < -0.4 is 9.64 Å². The summed E-state index contributed by atoms with van der Waals surface area (Å²) in [4.78, 5) is 22.6. The molecule has 1 aliphatic rings. The van der Waals surface area contributed by atoms with Gasteiger partial charge in [0, 0.05) is 31.2 Å². The van der Waals surface area contributed by atoms with Gasteiger partial charge in [-0.05, 0) is 43.2 Å². The molecule has 1 aliphatic heterocycles. The van der Waals surface area contributed by atoms with Crippen molar-refractivity contribution in [2.45, 2.75) is 13.8 Å². The van der Waals surface area contributed by atoms with Crippen LogP contribution in [-0.4, -0.2) is 62.3 Å². The summed E-state index contributed by atoms with van der Waals surface area (Å²) in [5.41, 5.74) is 3.64. The van der Waals surface area contributed by atoms with Gasteiger partial charge >= 0.3 is 0 Å². The number of rotatable bonds is 6. The highest BCUT2D eigenvalue weighted by molar-refractivity contribution is 7.22. The summed E-state index contributed by atoms with van der Waals surface area (Å²) in [7, 11) is 1.56. The molecule has 6 nitrogen and oxygen atoms in total. The smallest absolute Gasteiger partial charge is 0.263 e. The fourth-order valence-electron chi connectivity index (χ4n) is 3.71. The number of carbonyl (C=O) groups is 1. The van der Waals surface area contributed by atoms with Crippen molar-refractivity contribution in [3.63, 3.8) is 0 Å². The van der Waals surface area contributed by atoms with Gasteiger partial charge in [0.25, 0.3) is 5.91 Å². The molecule has 1 aromatic heterocycles. The Bertz CT molecular complexity index is 1060. The van der Waals surface area contributed by atoms with Gasteiger partial charge in [0.05, 0.1) is 36.1 Å². The Kier molecular flexibility index (Phi) is 6.77. The summed E-state index contributed by atoms with van der Waals surface area (Å²) < 4.78 is 12.0. The van der Waals surface area contributed by atoms with Gasteiger partial charge in [0.15, 0.2) is 5.13 Å². The quantitative estimate of drug-likeness (QED) is 0.541. The Morgan fingerprint density at radius 2 is 1.97 bits per heavy atom. The third kappa shape index (κ3) is 4.70. The Hall–Kier alpha value is -2.19. The molecule has 0 unspecified atom stereocenters. The molecule has 3 aromatic rings. The largest absolute Gasteiger partial charge is 0.496 e. The average Bonchev–Trinajstić information content (AvgIpc) is 3.23. The number of methoxy groups -OCH3 is 1. The highest BCUT2D eigenvalue weighted by Crippen LogP contribution is 2.35. The van der Waals surface area contributed by atoms with Gasteiger partial charge in [-0.15, -0.1) is 0 Å². The second-order valence-electron chi connectivity index (χ2n) is 7.63. The highest BCUT2D eigenvalue weighted by atomic mass is 35.5. The summed E-state index contributed by atoms with van der Waals surface area (Å²) >= 11 is 7.76. The van der Waals surface area contributed by atoms with Crippen molar-refractivity contribution in [3.05, 3.63) is 52.0 Å².